The average molecular weight is 657 g/mol. The highest BCUT2D eigenvalue weighted by atomic mass is 19.3. The van der Waals surface area contributed by atoms with Crippen LogP contribution in [0, 0.1) is 28.6 Å². The van der Waals surface area contributed by atoms with Gasteiger partial charge >= 0.3 is 13.2 Å². The summed E-state index contributed by atoms with van der Waals surface area (Å²) in [6, 6.07) is 11.5. The molecule has 1 aromatic carbocycles. The Bertz CT molecular complexity index is 1450. The summed E-state index contributed by atoms with van der Waals surface area (Å²) in [6.07, 6.45) is -0.503. The minimum absolute atomic E-state index is 0.0979. The lowest BCUT2D eigenvalue weighted by atomic mass is 9.43. The Hall–Kier alpha value is -3.08. The Morgan fingerprint density at radius 3 is 2.57 bits per heavy atom. The van der Waals surface area contributed by atoms with Crippen molar-refractivity contribution in [1.82, 2.24) is 15.1 Å². The number of rotatable bonds is 8. The topological polar surface area (TPSA) is 104 Å². The molecule has 254 valence electrons. The van der Waals surface area contributed by atoms with Gasteiger partial charge in [-0.1, -0.05) is 44.2 Å². The number of amides is 2. The van der Waals surface area contributed by atoms with E-state index in [1.165, 1.54) is 11.0 Å². The standard InChI is InChI=1S/C34H44BF3N4O5/c1-31(2,42-12-11-34(37,38)20-42)16-22(17-39)29(43)41-18-24(36)25(19-41)45-30(44)40-28(13-21-9-7-6-8-10-21)35-46-27-15-23-14-26(32(23,3)4)33(27,5)47-35/h6-10,16,23-28H,11-15,18-20H2,1-5H3,(H,40,44)/t23-,24-,25-,26-,27+,28-,33-/m0/s1. The molecule has 7 atom stereocenters. The summed E-state index contributed by atoms with van der Waals surface area (Å²) in [5, 5.41) is 12.6. The first-order valence-electron chi connectivity index (χ1n) is 16.6. The molecular formula is C34H44BF3N4O5. The van der Waals surface area contributed by atoms with Gasteiger partial charge in [-0.15, -0.1) is 0 Å². The molecule has 3 heterocycles. The lowest BCUT2D eigenvalue weighted by molar-refractivity contribution is -0.199. The zero-order valence-electron chi connectivity index (χ0n) is 27.7. The molecule has 3 aliphatic carbocycles. The molecular weight excluding hydrogens is 612 g/mol. The minimum Gasteiger partial charge on any atom is -0.441 e. The van der Waals surface area contributed by atoms with Crippen LogP contribution < -0.4 is 5.32 Å². The molecule has 1 aromatic rings. The van der Waals surface area contributed by atoms with Gasteiger partial charge in [0, 0.05) is 18.5 Å². The van der Waals surface area contributed by atoms with Crippen molar-refractivity contribution in [2.45, 2.75) is 102 Å². The fourth-order valence-corrected chi connectivity index (χ4v) is 8.47. The van der Waals surface area contributed by atoms with Gasteiger partial charge in [0.15, 0.2) is 12.3 Å². The molecule has 6 fully saturated rings. The van der Waals surface area contributed by atoms with E-state index >= 15 is 4.39 Å². The minimum atomic E-state index is -2.84. The summed E-state index contributed by atoms with van der Waals surface area (Å²) < 4.78 is 61.5. The van der Waals surface area contributed by atoms with Crippen molar-refractivity contribution < 1.29 is 36.8 Å². The van der Waals surface area contributed by atoms with Crippen molar-refractivity contribution in [2.24, 2.45) is 17.3 Å². The fourth-order valence-electron chi connectivity index (χ4n) is 8.47. The van der Waals surface area contributed by atoms with E-state index in [1.54, 1.807) is 13.8 Å². The maximum Gasteiger partial charge on any atom is 0.482 e. The number of nitrogens with one attached hydrogen (secondary N) is 1. The molecule has 9 nitrogen and oxygen atoms in total. The lowest BCUT2D eigenvalue weighted by Gasteiger charge is -2.64. The van der Waals surface area contributed by atoms with Gasteiger partial charge in [-0.2, -0.15) is 5.26 Å². The zero-order valence-corrected chi connectivity index (χ0v) is 27.7. The summed E-state index contributed by atoms with van der Waals surface area (Å²) in [5.74, 6) is -3.32. The van der Waals surface area contributed by atoms with Crippen LogP contribution in [0.25, 0.3) is 0 Å². The van der Waals surface area contributed by atoms with Crippen molar-refractivity contribution in [2.75, 3.05) is 26.2 Å². The van der Waals surface area contributed by atoms with E-state index in [4.69, 9.17) is 14.0 Å². The third kappa shape index (κ3) is 6.41. The van der Waals surface area contributed by atoms with Crippen LogP contribution >= 0.6 is 0 Å². The number of hydrogen-bond acceptors (Lipinski definition) is 7. The van der Waals surface area contributed by atoms with Crippen LogP contribution in [0.3, 0.4) is 0 Å². The van der Waals surface area contributed by atoms with Gasteiger partial charge in [-0.05, 0) is 68.9 Å². The predicted octanol–water partition coefficient (Wildman–Crippen LogP) is 4.71. The van der Waals surface area contributed by atoms with Crippen molar-refractivity contribution >= 4 is 19.1 Å². The van der Waals surface area contributed by atoms with Crippen LogP contribution in [0.1, 0.15) is 59.4 Å². The third-order valence-electron chi connectivity index (χ3n) is 11.5. The fraction of sp³-hybridized carbons (Fsp3) is 0.676. The van der Waals surface area contributed by atoms with Crippen molar-refractivity contribution in [3.05, 3.63) is 47.5 Å². The average Bonchev–Trinajstić information content (AvgIpc) is 3.69. The number of ether oxygens (including phenoxy) is 1. The third-order valence-corrected chi connectivity index (χ3v) is 11.5. The van der Waals surface area contributed by atoms with Crippen LogP contribution in [-0.4, -0.2) is 96.5 Å². The Balaban J connectivity index is 1.11. The number of carbonyl (C=O) groups excluding carboxylic acids is 2. The number of nitrogens with zero attached hydrogens (tertiary/aromatic N) is 3. The van der Waals surface area contributed by atoms with Gasteiger partial charge in [-0.25, -0.2) is 18.0 Å². The highest BCUT2D eigenvalue weighted by molar-refractivity contribution is 6.47. The summed E-state index contributed by atoms with van der Waals surface area (Å²) in [7, 11) is -0.738. The number of hydrogen-bond donors (Lipinski definition) is 1. The van der Waals surface area contributed by atoms with Gasteiger partial charge in [0.2, 0.25) is 0 Å². The zero-order chi connectivity index (χ0) is 33.9. The van der Waals surface area contributed by atoms with Crippen LogP contribution in [0.4, 0.5) is 18.0 Å². The molecule has 3 saturated carbocycles. The second kappa shape index (κ2) is 12.1. The normalized spacial score (nSPS) is 33.5. The monoisotopic (exact) mass is 656 g/mol. The lowest BCUT2D eigenvalue weighted by Crippen LogP contribution is -2.65. The molecule has 0 radical (unpaired) electrons. The Labute approximate surface area is 274 Å². The first kappa shape index (κ1) is 33.8. The largest absolute Gasteiger partial charge is 0.482 e. The second-order valence-electron chi connectivity index (χ2n) is 15.3. The maximum atomic E-state index is 15.2. The molecule has 0 spiro atoms. The Kier molecular flexibility index (Phi) is 8.71. The molecule has 3 saturated heterocycles. The molecule has 47 heavy (non-hydrogen) atoms. The van der Waals surface area contributed by atoms with Gasteiger partial charge in [-0.3, -0.25) is 9.69 Å². The summed E-state index contributed by atoms with van der Waals surface area (Å²) >= 11 is 0. The smallest absolute Gasteiger partial charge is 0.441 e. The van der Waals surface area contributed by atoms with Gasteiger partial charge in [0.1, 0.15) is 11.6 Å². The molecule has 13 heteroatoms. The molecule has 0 aromatic heterocycles. The predicted molar refractivity (Wildman–Crippen MR) is 168 cm³/mol. The summed E-state index contributed by atoms with van der Waals surface area (Å²) in [4.78, 5) is 29.2. The molecule has 0 unspecified atom stereocenters. The van der Waals surface area contributed by atoms with Crippen LogP contribution in [0.2, 0.25) is 0 Å². The van der Waals surface area contributed by atoms with E-state index in [2.05, 4.69) is 26.1 Å². The summed E-state index contributed by atoms with van der Waals surface area (Å²) in [6.45, 7) is 8.95. The van der Waals surface area contributed by atoms with Crippen molar-refractivity contribution in [3.8, 4) is 6.07 Å². The second-order valence-corrected chi connectivity index (χ2v) is 15.3. The molecule has 2 bridgehead atoms. The van der Waals surface area contributed by atoms with E-state index in [1.807, 2.05) is 36.4 Å². The van der Waals surface area contributed by atoms with Gasteiger partial charge in [0.25, 0.3) is 11.8 Å². The number of likely N-dealkylation sites (tertiary alicyclic amines) is 2. The molecule has 7 rings (SSSR count). The number of halogens is 3. The van der Waals surface area contributed by atoms with E-state index in [0.29, 0.717) is 18.3 Å². The van der Waals surface area contributed by atoms with Crippen LogP contribution in [0.5, 0.6) is 0 Å². The van der Waals surface area contributed by atoms with E-state index < -0.39 is 60.9 Å². The number of alkyl carbamates (subject to hydrolysis) is 1. The van der Waals surface area contributed by atoms with Crippen molar-refractivity contribution in [3.63, 3.8) is 0 Å². The number of nitriles is 1. The van der Waals surface area contributed by atoms with E-state index in [9.17, 15) is 23.6 Å². The Morgan fingerprint density at radius 2 is 1.94 bits per heavy atom. The molecule has 6 aliphatic rings. The molecule has 1 N–H and O–H groups in total. The van der Waals surface area contributed by atoms with Gasteiger partial charge < -0.3 is 24.3 Å². The van der Waals surface area contributed by atoms with Crippen molar-refractivity contribution in [1.29, 1.82) is 5.26 Å². The summed E-state index contributed by atoms with van der Waals surface area (Å²) in [5.41, 5.74) is -0.681. The van der Waals surface area contributed by atoms with Gasteiger partial charge in [0.05, 0.1) is 37.3 Å². The van der Waals surface area contributed by atoms with Crippen LogP contribution in [0.15, 0.2) is 42.0 Å². The molecule has 2 amide bonds. The Morgan fingerprint density at radius 1 is 1.21 bits per heavy atom. The molecule has 3 aliphatic heterocycles. The first-order chi connectivity index (χ1) is 22.0. The maximum absolute atomic E-state index is 15.2. The van der Waals surface area contributed by atoms with E-state index in [-0.39, 0.29) is 43.1 Å². The quantitative estimate of drug-likeness (QED) is 0.246. The highest BCUT2D eigenvalue weighted by Crippen LogP contribution is 2.65. The number of benzene rings is 1. The highest BCUT2D eigenvalue weighted by Gasteiger charge is 2.68. The number of carbonyl (C=O) groups is 2. The van der Waals surface area contributed by atoms with Crippen LogP contribution in [-0.2, 0) is 25.3 Å². The first-order valence-corrected chi connectivity index (χ1v) is 16.6. The van der Waals surface area contributed by atoms with E-state index in [0.717, 1.165) is 23.3 Å². The number of alkyl halides is 3. The SMILES string of the molecule is CC1(C)[C@@H]2C[C@H]3OB([C@H](Cc4ccccc4)NC(=O)O[C@H]4CN(C(=O)C(C#N)=CC(C)(C)N5CCC(F)(F)C5)C[C@@H]4F)O[C@@]3(C)[C@H]1C2.